The van der Waals surface area contributed by atoms with E-state index in [1.54, 1.807) is 7.11 Å². The number of nitrogens with zero attached hydrogens (tertiary/aromatic N) is 1. The lowest BCUT2D eigenvalue weighted by Gasteiger charge is -2.02. The minimum absolute atomic E-state index is 0.822. The van der Waals surface area contributed by atoms with Crippen molar-refractivity contribution in [3.63, 3.8) is 0 Å². The summed E-state index contributed by atoms with van der Waals surface area (Å²) >= 11 is 3.55. The molecule has 2 aromatic carbocycles. The smallest absolute Gasteiger partial charge is 0.119 e. The number of fused-ring (bicyclic) bond motifs is 1. The number of methoxy groups -OCH3 is 1. The Hall–Kier alpha value is -3.05. The summed E-state index contributed by atoms with van der Waals surface area (Å²) in [5.74, 6) is 0.822. The third-order valence-electron chi connectivity index (χ3n) is 4.29. The summed E-state index contributed by atoms with van der Waals surface area (Å²) in [5, 5.41) is 8.60. The molecule has 0 aliphatic heterocycles. The molecule has 0 unspecified atom stereocenters. The molecule has 0 aliphatic rings. The SMILES string of the molecule is COc1ccc(Br)c(C=Cc2cc(C=Cc3ccc4cc[nH]c4c3)[nH]n2)c1. The van der Waals surface area contributed by atoms with Crippen molar-refractivity contribution in [3.8, 4) is 5.75 Å². The van der Waals surface area contributed by atoms with Crippen LogP contribution >= 0.6 is 15.9 Å². The number of benzene rings is 2. The molecule has 0 saturated heterocycles. The van der Waals surface area contributed by atoms with E-state index in [1.165, 1.54) is 5.39 Å². The molecule has 0 saturated carbocycles. The third-order valence-corrected chi connectivity index (χ3v) is 5.01. The molecule has 4 aromatic rings. The first-order valence-electron chi connectivity index (χ1n) is 8.53. The van der Waals surface area contributed by atoms with Crippen molar-refractivity contribution in [2.45, 2.75) is 0 Å². The van der Waals surface area contributed by atoms with Gasteiger partial charge in [0, 0.05) is 16.2 Å². The third kappa shape index (κ3) is 4.04. The first-order valence-corrected chi connectivity index (χ1v) is 9.33. The lowest BCUT2D eigenvalue weighted by Crippen LogP contribution is -1.84. The molecule has 4 rings (SSSR count). The molecule has 0 fully saturated rings. The van der Waals surface area contributed by atoms with Crippen molar-refractivity contribution >= 4 is 51.1 Å². The molecule has 2 N–H and O–H groups in total. The standard InChI is InChI=1S/C22H18BrN3O/c1-27-20-8-9-21(23)17(13-20)5-7-19-14-18(25-26-19)6-3-15-2-4-16-10-11-24-22(16)12-15/h2-14,24H,1H3,(H,25,26). The maximum atomic E-state index is 5.27. The van der Waals surface area contributed by atoms with Gasteiger partial charge in [-0.3, -0.25) is 5.10 Å². The average Bonchev–Trinajstić information content (AvgIpc) is 3.34. The molecule has 0 radical (unpaired) electrons. The number of rotatable bonds is 5. The maximum Gasteiger partial charge on any atom is 0.119 e. The summed E-state index contributed by atoms with van der Waals surface area (Å²) in [5.41, 5.74) is 5.12. The van der Waals surface area contributed by atoms with Crippen LogP contribution in [0, 0.1) is 0 Å². The quantitative estimate of drug-likeness (QED) is 0.416. The zero-order valence-corrected chi connectivity index (χ0v) is 16.3. The predicted octanol–water partition coefficient (Wildman–Crippen LogP) is 6.00. The second-order valence-corrected chi connectivity index (χ2v) is 6.98. The Bertz CT molecular complexity index is 1140. The lowest BCUT2D eigenvalue weighted by atomic mass is 10.1. The van der Waals surface area contributed by atoms with Gasteiger partial charge in [-0.15, -0.1) is 0 Å². The van der Waals surface area contributed by atoms with E-state index >= 15 is 0 Å². The molecule has 4 nitrogen and oxygen atoms in total. The summed E-state index contributed by atoms with van der Waals surface area (Å²) in [4.78, 5) is 3.23. The fraction of sp³-hybridized carbons (Fsp3) is 0.0455. The van der Waals surface area contributed by atoms with Crippen molar-refractivity contribution in [2.75, 3.05) is 7.11 Å². The van der Waals surface area contributed by atoms with Crippen LogP contribution in [0.1, 0.15) is 22.5 Å². The molecule has 134 valence electrons. The van der Waals surface area contributed by atoms with E-state index in [1.807, 2.05) is 48.7 Å². The molecule has 2 aromatic heterocycles. The number of aromatic nitrogens is 3. The molecule has 0 amide bonds. The van der Waals surface area contributed by atoms with E-state index in [2.05, 4.69) is 61.5 Å². The van der Waals surface area contributed by atoms with Gasteiger partial charge in [0.05, 0.1) is 18.5 Å². The van der Waals surface area contributed by atoms with Gasteiger partial charge in [-0.25, -0.2) is 0 Å². The van der Waals surface area contributed by atoms with Gasteiger partial charge in [-0.1, -0.05) is 40.2 Å². The minimum atomic E-state index is 0.822. The van der Waals surface area contributed by atoms with Gasteiger partial charge in [0.2, 0.25) is 0 Å². The Kier molecular flexibility index (Phi) is 4.94. The van der Waals surface area contributed by atoms with E-state index in [9.17, 15) is 0 Å². The predicted molar refractivity (Wildman–Crippen MR) is 115 cm³/mol. The van der Waals surface area contributed by atoms with Gasteiger partial charge < -0.3 is 9.72 Å². The van der Waals surface area contributed by atoms with Crippen LogP contribution in [-0.4, -0.2) is 22.3 Å². The van der Waals surface area contributed by atoms with Crippen molar-refractivity contribution in [1.29, 1.82) is 0 Å². The zero-order chi connectivity index (χ0) is 18.6. The van der Waals surface area contributed by atoms with Crippen molar-refractivity contribution in [1.82, 2.24) is 15.2 Å². The van der Waals surface area contributed by atoms with Gasteiger partial charge in [0.25, 0.3) is 0 Å². The summed E-state index contributed by atoms with van der Waals surface area (Å²) < 4.78 is 6.28. The highest BCUT2D eigenvalue weighted by molar-refractivity contribution is 9.10. The maximum absolute atomic E-state index is 5.27. The van der Waals surface area contributed by atoms with E-state index < -0.39 is 0 Å². The van der Waals surface area contributed by atoms with Crippen molar-refractivity contribution < 1.29 is 4.74 Å². The topological polar surface area (TPSA) is 53.7 Å². The van der Waals surface area contributed by atoms with Crippen LogP contribution in [0.5, 0.6) is 5.75 Å². The minimum Gasteiger partial charge on any atom is -0.497 e. The van der Waals surface area contributed by atoms with E-state index in [-0.39, 0.29) is 0 Å². The fourth-order valence-corrected chi connectivity index (χ4v) is 3.21. The average molecular weight is 420 g/mol. The summed E-state index contributed by atoms with van der Waals surface area (Å²) in [6, 6.07) is 16.3. The van der Waals surface area contributed by atoms with Crippen LogP contribution in [0.25, 0.3) is 35.2 Å². The number of halogens is 1. The molecule has 2 heterocycles. The monoisotopic (exact) mass is 419 g/mol. The number of hydrogen-bond donors (Lipinski definition) is 2. The number of hydrogen-bond acceptors (Lipinski definition) is 2. The lowest BCUT2D eigenvalue weighted by molar-refractivity contribution is 0.414. The van der Waals surface area contributed by atoms with Crippen LogP contribution in [0.15, 0.2) is 59.2 Å². The molecule has 0 bridgehead atoms. The second kappa shape index (κ2) is 7.68. The van der Waals surface area contributed by atoms with Crippen LogP contribution in [0.3, 0.4) is 0 Å². The Morgan fingerprint density at radius 3 is 2.78 bits per heavy atom. The molecule has 27 heavy (non-hydrogen) atoms. The van der Waals surface area contributed by atoms with Gasteiger partial charge in [0.15, 0.2) is 0 Å². The van der Waals surface area contributed by atoms with Gasteiger partial charge in [-0.05, 0) is 65.1 Å². The van der Waals surface area contributed by atoms with E-state index in [0.29, 0.717) is 0 Å². The molecule has 0 aliphatic carbocycles. The second-order valence-electron chi connectivity index (χ2n) is 6.13. The first-order chi connectivity index (χ1) is 13.2. The van der Waals surface area contributed by atoms with Crippen molar-refractivity contribution in [3.05, 3.63) is 81.7 Å². The summed E-state index contributed by atoms with van der Waals surface area (Å²) in [7, 11) is 1.66. The van der Waals surface area contributed by atoms with Gasteiger partial charge in [-0.2, -0.15) is 5.10 Å². The Morgan fingerprint density at radius 2 is 1.89 bits per heavy atom. The molecule has 0 spiro atoms. The number of aromatic amines is 2. The van der Waals surface area contributed by atoms with Crippen LogP contribution in [-0.2, 0) is 0 Å². The molecule has 0 atom stereocenters. The van der Waals surface area contributed by atoms with E-state index in [4.69, 9.17) is 4.74 Å². The Labute approximate surface area is 165 Å². The highest BCUT2D eigenvalue weighted by atomic mass is 79.9. The van der Waals surface area contributed by atoms with E-state index in [0.717, 1.165) is 38.3 Å². The number of nitrogens with one attached hydrogen (secondary N) is 2. The fourth-order valence-electron chi connectivity index (χ4n) is 2.83. The van der Waals surface area contributed by atoms with Gasteiger partial charge >= 0.3 is 0 Å². The van der Waals surface area contributed by atoms with Gasteiger partial charge in [0.1, 0.15) is 5.75 Å². The Balaban J connectivity index is 1.49. The zero-order valence-electron chi connectivity index (χ0n) is 14.7. The number of H-pyrrole nitrogens is 2. The number of ether oxygens (including phenoxy) is 1. The largest absolute Gasteiger partial charge is 0.497 e. The summed E-state index contributed by atoms with van der Waals surface area (Å²) in [6.07, 6.45) is 10.0. The highest BCUT2D eigenvalue weighted by Gasteiger charge is 2.00. The highest BCUT2D eigenvalue weighted by Crippen LogP contribution is 2.24. The van der Waals surface area contributed by atoms with Crippen LogP contribution in [0.2, 0.25) is 0 Å². The molecular weight excluding hydrogens is 402 g/mol. The first kappa shape index (κ1) is 17.4. The molecular formula is C22H18BrN3O. The summed E-state index contributed by atoms with van der Waals surface area (Å²) in [6.45, 7) is 0. The van der Waals surface area contributed by atoms with Crippen LogP contribution < -0.4 is 4.74 Å². The molecule has 5 heteroatoms. The Morgan fingerprint density at radius 1 is 0.963 bits per heavy atom. The normalized spacial score (nSPS) is 11.8. The van der Waals surface area contributed by atoms with Crippen molar-refractivity contribution in [2.24, 2.45) is 0 Å². The van der Waals surface area contributed by atoms with Crippen LogP contribution in [0.4, 0.5) is 0 Å².